The van der Waals surface area contributed by atoms with Crippen LogP contribution in [0.15, 0.2) is 4.91 Å². The molecule has 1 amide bonds. The number of carbonyl (C=O) groups is 2. The second-order valence-electron chi connectivity index (χ2n) is 7.17. The van der Waals surface area contributed by atoms with Crippen molar-refractivity contribution in [2.45, 2.75) is 51.2 Å². The van der Waals surface area contributed by atoms with Crippen LogP contribution < -0.4 is 0 Å². The standard InChI is InChI=1S/C20H25NO3S2/c1-2-24-20(23)13-7-9-21(10-8-13)19(22)18-11-17-15(12-25-18)14-5-3-4-6-16(14)26-17/h11,13H,2-10,12H2,1H3. The summed E-state index contributed by atoms with van der Waals surface area (Å²) in [6.45, 7) is 3.55. The number of thioether (sulfide) groups is 1. The molecule has 0 spiro atoms. The van der Waals surface area contributed by atoms with Gasteiger partial charge in [-0.05, 0) is 62.7 Å². The van der Waals surface area contributed by atoms with Gasteiger partial charge in [-0.25, -0.2) is 0 Å². The fourth-order valence-corrected chi connectivity index (χ4v) is 6.70. The van der Waals surface area contributed by atoms with Crippen LogP contribution in [0, 0.1) is 5.92 Å². The maximum atomic E-state index is 12.9. The molecule has 0 radical (unpaired) electrons. The van der Waals surface area contributed by atoms with Crippen LogP contribution in [0.4, 0.5) is 0 Å². The van der Waals surface area contributed by atoms with Gasteiger partial charge < -0.3 is 9.64 Å². The van der Waals surface area contributed by atoms with Gasteiger partial charge in [0.1, 0.15) is 0 Å². The number of fused-ring (bicyclic) bond motifs is 3. The quantitative estimate of drug-likeness (QED) is 0.730. The van der Waals surface area contributed by atoms with E-state index in [2.05, 4.69) is 6.08 Å². The predicted molar refractivity (Wildman–Crippen MR) is 106 cm³/mol. The maximum Gasteiger partial charge on any atom is 0.309 e. The van der Waals surface area contributed by atoms with E-state index in [4.69, 9.17) is 4.74 Å². The summed E-state index contributed by atoms with van der Waals surface area (Å²) in [4.78, 5) is 30.4. The van der Waals surface area contributed by atoms with E-state index >= 15 is 0 Å². The average molecular weight is 392 g/mol. The van der Waals surface area contributed by atoms with Crippen molar-refractivity contribution < 1.29 is 14.3 Å². The Morgan fingerprint density at radius 3 is 2.73 bits per heavy atom. The first-order valence-electron chi connectivity index (χ1n) is 9.61. The van der Waals surface area contributed by atoms with Crippen molar-refractivity contribution in [1.29, 1.82) is 0 Å². The molecule has 6 heteroatoms. The summed E-state index contributed by atoms with van der Waals surface area (Å²) in [5.74, 6) is 0.898. The molecule has 140 valence electrons. The number of hydrogen-bond donors (Lipinski definition) is 0. The molecule has 1 aliphatic carbocycles. The van der Waals surface area contributed by atoms with Crippen LogP contribution in [0.3, 0.4) is 0 Å². The van der Waals surface area contributed by atoms with Crippen molar-refractivity contribution in [1.82, 2.24) is 4.90 Å². The van der Waals surface area contributed by atoms with E-state index in [9.17, 15) is 9.59 Å². The molecule has 3 heterocycles. The van der Waals surface area contributed by atoms with E-state index in [1.165, 1.54) is 36.1 Å². The number of esters is 1. The Labute approximate surface area is 163 Å². The molecule has 1 fully saturated rings. The van der Waals surface area contributed by atoms with Gasteiger partial charge in [-0.1, -0.05) is 0 Å². The zero-order valence-corrected chi connectivity index (χ0v) is 16.8. The maximum absolute atomic E-state index is 12.9. The monoisotopic (exact) mass is 391 g/mol. The van der Waals surface area contributed by atoms with E-state index in [1.807, 2.05) is 23.2 Å². The second-order valence-corrected chi connectivity index (χ2v) is 9.32. The number of likely N-dealkylation sites (tertiary alicyclic amines) is 1. The largest absolute Gasteiger partial charge is 0.466 e. The molecule has 0 saturated carbocycles. The lowest BCUT2D eigenvalue weighted by Gasteiger charge is -2.31. The van der Waals surface area contributed by atoms with Crippen molar-refractivity contribution in [2.24, 2.45) is 5.92 Å². The van der Waals surface area contributed by atoms with Gasteiger partial charge in [0.15, 0.2) is 0 Å². The predicted octanol–water partition coefficient (Wildman–Crippen LogP) is 4.02. The third kappa shape index (κ3) is 3.46. The summed E-state index contributed by atoms with van der Waals surface area (Å²) < 4.78 is 5.12. The van der Waals surface area contributed by atoms with Crippen LogP contribution in [-0.4, -0.2) is 36.5 Å². The molecular formula is C20H25NO3S2. The van der Waals surface area contributed by atoms with E-state index in [1.54, 1.807) is 22.2 Å². The van der Waals surface area contributed by atoms with Crippen LogP contribution in [0.5, 0.6) is 0 Å². The molecule has 1 aromatic rings. The summed E-state index contributed by atoms with van der Waals surface area (Å²) in [5.41, 5.74) is 3.05. The highest BCUT2D eigenvalue weighted by atomic mass is 32.2. The van der Waals surface area contributed by atoms with E-state index < -0.39 is 0 Å². The lowest BCUT2D eigenvalue weighted by Crippen LogP contribution is -2.41. The van der Waals surface area contributed by atoms with Gasteiger partial charge in [-0.3, -0.25) is 9.59 Å². The number of thiophene rings is 1. The first-order valence-corrected chi connectivity index (χ1v) is 11.4. The number of piperidine rings is 1. The van der Waals surface area contributed by atoms with Crippen LogP contribution >= 0.6 is 23.1 Å². The third-order valence-corrected chi connectivity index (χ3v) is 7.88. The number of aryl methyl sites for hydroxylation is 1. The number of hydrogen-bond acceptors (Lipinski definition) is 5. The summed E-state index contributed by atoms with van der Waals surface area (Å²) in [6.07, 6.45) is 8.54. The third-order valence-electron chi connectivity index (χ3n) is 5.56. The van der Waals surface area contributed by atoms with Crippen LogP contribution in [0.2, 0.25) is 0 Å². The highest BCUT2D eigenvalue weighted by Gasteiger charge is 2.31. The van der Waals surface area contributed by atoms with Gasteiger partial charge in [-0.2, -0.15) is 0 Å². The molecule has 26 heavy (non-hydrogen) atoms. The molecule has 4 nitrogen and oxygen atoms in total. The van der Waals surface area contributed by atoms with Crippen LogP contribution in [0.25, 0.3) is 6.08 Å². The lowest BCUT2D eigenvalue weighted by atomic mass is 9.95. The number of ether oxygens (including phenoxy) is 1. The molecule has 4 rings (SSSR count). The first-order chi connectivity index (χ1) is 12.7. The fourth-order valence-electron chi connectivity index (χ4n) is 4.10. The minimum atomic E-state index is -0.111. The minimum absolute atomic E-state index is 0.0531. The minimum Gasteiger partial charge on any atom is -0.466 e. The average Bonchev–Trinajstić information content (AvgIpc) is 3.05. The van der Waals surface area contributed by atoms with E-state index in [0.29, 0.717) is 32.5 Å². The second kappa shape index (κ2) is 7.77. The Balaban J connectivity index is 1.43. The molecular weight excluding hydrogens is 366 g/mol. The normalized spacial score (nSPS) is 20.2. The number of carbonyl (C=O) groups excluding carboxylic acids is 2. The Morgan fingerprint density at radius 2 is 1.96 bits per heavy atom. The van der Waals surface area contributed by atoms with Crippen LogP contribution in [-0.2, 0) is 32.9 Å². The molecule has 0 bridgehead atoms. The van der Waals surface area contributed by atoms with Crippen molar-refractivity contribution in [2.75, 3.05) is 19.7 Å². The van der Waals surface area contributed by atoms with Crippen LogP contribution in [0.1, 0.15) is 53.5 Å². The fraction of sp³-hybridized carbons (Fsp3) is 0.600. The van der Waals surface area contributed by atoms with Gasteiger partial charge in [0, 0.05) is 28.6 Å². The molecule has 0 atom stereocenters. The summed E-state index contributed by atoms with van der Waals surface area (Å²) in [7, 11) is 0. The highest BCUT2D eigenvalue weighted by molar-refractivity contribution is 8.03. The Bertz CT molecular complexity index is 744. The van der Waals surface area contributed by atoms with Gasteiger partial charge >= 0.3 is 5.97 Å². The highest BCUT2D eigenvalue weighted by Crippen LogP contribution is 2.43. The molecule has 1 aromatic heterocycles. The van der Waals surface area contributed by atoms with Gasteiger partial charge in [0.25, 0.3) is 5.91 Å². The molecule has 1 saturated heterocycles. The zero-order valence-electron chi connectivity index (χ0n) is 15.2. The molecule has 0 unspecified atom stereocenters. The summed E-state index contributed by atoms with van der Waals surface area (Å²) in [5, 5.41) is 0. The van der Waals surface area contributed by atoms with Crippen molar-refractivity contribution >= 4 is 41.1 Å². The van der Waals surface area contributed by atoms with E-state index in [-0.39, 0.29) is 17.8 Å². The smallest absolute Gasteiger partial charge is 0.309 e. The lowest BCUT2D eigenvalue weighted by molar-refractivity contribution is -0.150. The Hall–Kier alpha value is -1.27. The van der Waals surface area contributed by atoms with Crippen molar-refractivity contribution in [3.8, 4) is 0 Å². The molecule has 0 aromatic carbocycles. The zero-order chi connectivity index (χ0) is 18.1. The van der Waals surface area contributed by atoms with Gasteiger partial charge in [0.2, 0.25) is 0 Å². The summed E-state index contributed by atoms with van der Waals surface area (Å²) >= 11 is 3.58. The van der Waals surface area contributed by atoms with E-state index in [0.717, 1.165) is 10.7 Å². The number of rotatable bonds is 3. The number of amides is 1. The molecule has 3 aliphatic rings. The molecule has 2 aliphatic heterocycles. The first kappa shape index (κ1) is 18.1. The van der Waals surface area contributed by atoms with Gasteiger partial charge in [-0.15, -0.1) is 23.1 Å². The van der Waals surface area contributed by atoms with Crippen molar-refractivity contribution in [3.63, 3.8) is 0 Å². The Morgan fingerprint density at radius 1 is 1.19 bits per heavy atom. The molecule has 0 N–H and O–H groups in total. The van der Waals surface area contributed by atoms with Gasteiger partial charge in [0.05, 0.1) is 17.4 Å². The van der Waals surface area contributed by atoms with Crippen molar-refractivity contribution in [3.05, 3.63) is 25.8 Å². The SMILES string of the molecule is CCOC(=O)C1CCN(C(=O)C2=Cc3sc4c(c3CS2)CCCC4)CC1. The summed E-state index contributed by atoms with van der Waals surface area (Å²) in [6, 6.07) is 0. The Kier molecular flexibility index (Phi) is 5.41. The topological polar surface area (TPSA) is 46.6 Å². The number of nitrogens with zero attached hydrogens (tertiary/aromatic N) is 1.